The van der Waals surface area contributed by atoms with Gasteiger partial charge in [0.05, 0.1) is 10.6 Å². The maximum atomic E-state index is 13.4. The van der Waals surface area contributed by atoms with Crippen molar-refractivity contribution < 1.29 is 13.2 Å². The fourth-order valence-corrected chi connectivity index (χ4v) is 6.36. The monoisotopic (exact) mass is 544 g/mol. The summed E-state index contributed by atoms with van der Waals surface area (Å²) in [5.41, 5.74) is 2.49. The molecule has 0 bridgehead atoms. The molecule has 4 rings (SSSR count). The molecule has 0 saturated heterocycles. The van der Waals surface area contributed by atoms with Gasteiger partial charge in [-0.2, -0.15) is 0 Å². The van der Waals surface area contributed by atoms with Gasteiger partial charge in [0, 0.05) is 10.8 Å². The van der Waals surface area contributed by atoms with Crippen LogP contribution in [0.15, 0.2) is 88.1 Å². The van der Waals surface area contributed by atoms with Crippen LogP contribution < -0.4 is 9.62 Å². The Morgan fingerprint density at radius 3 is 2.37 bits per heavy atom. The minimum atomic E-state index is -4.03. The number of rotatable bonds is 9. The molecule has 1 amide bonds. The number of carbonyl (C=O) groups is 1. The molecule has 0 atom stereocenters. The third-order valence-corrected chi connectivity index (χ3v) is 8.95. The summed E-state index contributed by atoms with van der Waals surface area (Å²) in [6.45, 7) is 1.47. The predicted molar refractivity (Wildman–Crippen MR) is 142 cm³/mol. The second-order valence-electron chi connectivity index (χ2n) is 7.50. The predicted octanol–water partition coefficient (Wildman–Crippen LogP) is 5.63. The van der Waals surface area contributed by atoms with Crippen LogP contribution in [0, 0.1) is 6.92 Å². The van der Waals surface area contributed by atoms with Crippen molar-refractivity contribution >= 4 is 61.4 Å². The van der Waals surface area contributed by atoms with Gasteiger partial charge in [0.2, 0.25) is 11.0 Å². The van der Waals surface area contributed by atoms with E-state index in [4.69, 9.17) is 11.6 Å². The van der Waals surface area contributed by atoms with Crippen LogP contribution in [0.4, 0.5) is 10.8 Å². The SMILES string of the molecule is Cc1ccc(N(CC(=O)Nc2nnc(SCc3ccccc3)s2)S(=O)(=O)c2ccc(Cl)cc2)cc1. The molecule has 0 aliphatic carbocycles. The number of amides is 1. The Labute approximate surface area is 217 Å². The molecule has 1 aromatic heterocycles. The molecule has 0 fully saturated rings. The Kier molecular flexibility index (Phi) is 8.07. The average Bonchev–Trinajstić information content (AvgIpc) is 3.30. The number of aromatic nitrogens is 2. The first-order valence-electron chi connectivity index (χ1n) is 10.5. The molecule has 0 spiro atoms. The van der Waals surface area contributed by atoms with Gasteiger partial charge in [-0.1, -0.05) is 82.7 Å². The van der Waals surface area contributed by atoms with Gasteiger partial charge in [0.1, 0.15) is 6.54 Å². The van der Waals surface area contributed by atoms with Gasteiger partial charge >= 0.3 is 0 Å². The number of nitrogens with zero attached hydrogens (tertiary/aromatic N) is 3. The first-order valence-corrected chi connectivity index (χ1v) is 14.1. The van der Waals surface area contributed by atoms with Crippen LogP contribution in [0.25, 0.3) is 0 Å². The molecule has 0 unspecified atom stereocenters. The average molecular weight is 545 g/mol. The summed E-state index contributed by atoms with van der Waals surface area (Å²) in [6, 6.07) is 22.7. The second kappa shape index (κ2) is 11.2. The number of sulfonamides is 1. The van der Waals surface area contributed by atoms with Gasteiger partial charge in [0.25, 0.3) is 10.0 Å². The molecule has 0 radical (unpaired) electrons. The summed E-state index contributed by atoms with van der Waals surface area (Å²) in [5, 5.41) is 11.5. The number of benzene rings is 3. The molecule has 1 N–H and O–H groups in total. The van der Waals surface area contributed by atoms with Crippen molar-refractivity contribution in [2.75, 3.05) is 16.2 Å². The molecule has 0 aliphatic rings. The largest absolute Gasteiger partial charge is 0.299 e. The number of halogens is 1. The topological polar surface area (TPSA) is 92.3 Å². The molecule has 0 saturated carbocycles. The highest BCUT2D eigenvalue weighted by atomic mass is 35.5. The number of thioether (sulfide) groups is 1. The highest BCUT2D eigenvalue weighted by molar-refractivity contribution is 8.00. The second-order valence-corrected chi connectivity index (χ2v) is 12.0. The molecule has 11 heteroatoms. The van der Waals surface area contributed by atoms with E-state index in [1.165, 1.54) is 47.4 Å². The van der Waals surface area contributed by atoms with Crippen LogP contribution >= 0.6 is 34.7 Å². The van der Waals surface area contributed by atoms with Crippen molar-refractivity contribution in [2.45, 2.75) is 21.9 Å². The number of hydrogen-bond acceptors (Lipinski definition) is 7. The lowest BCUT2D eigenvalue weighted by atomic mass is 10.2. The van der Waals surface area contributed by atoms with E-state index in [0.29, 0.717) is 20.2 Å². The normalized spacial score (nSPS) is 11.3. The number of nitrogens with one attached hydrogen (secondary N) is 1. The van der Waals surface area contributed by atoms with Crippen molar-refractivity contribution in [3.63, 3.8) is 0 Å². The Morgan fingerprint density at radius 1 is 1.00 bits per heavy atom. The molecular weight excluding hydrogens is 524 g/mol. The van der Waals surface area contributed by atoms with Gasteiger partial charge in [0.15, 0.2) is 4.34 Å². The van der Waals surface area contributed by atoms with Crippen LogP contribution in [0.2, 0.25) is 5.02 Å². The lowest BCUT2D eigenvalue weighted by Crippen LogP contribution is -2.38. The van der Waals surface area contributed by atoms with Gasteiger partial charge in [-0.15, -0.1) is 10.2 Å². The van der Waals surface area contributed by atoms with Crippen LogP contribution in [0.1, 0.15) is 11.1 Å². The van der Waals surface area contributed by atoms with Crippen LogP contribution in [-0.2, 0) is 20.6 Å². The maximum Gasteiger partial charge on any atom is 0.264 e. The number of aryl methyl sites for hydroxylation is 1. The van der Waals surface area contributed by atoms with E-state index < -0.39 is 22.5 Å². The van der Waals surface area contributed by atoms with Crippen LogP contribution in [-0.4, -0.2) is 31.1 Å². The Morgan fingerprint density at radius 2 is 1.69 bits per heavy atom. The maximum absolute atomic E-state index is 13.4. The lowest BCUT2D eigenvalue weighted by Gasteiger charge is -2.24. The zero-order valence-corrected chi connectivity index (χ0v) is 21.8. The highest BCUT2D eigenvalue weighted by Gasteiger charge is 2.27. The Hall–Kier alpha value is -2.92. The Bertz CT molecular complexity index is 1390. The standard InChI is InChI=1S/C24H21ClN4O3S3/c1-17-7-11-20(12-8-17)29(35(31,32)21-13-9-19(25)10-14-21)15-22(30)26-23-27-28-24(34-23)33-16-18-5-3-2-4-6-18/h2-14H,15-16H2,1H3,(H,26,27,30). The number of anilines is 2. The molecule has 0 aliphatic heterocycles. The molecule has 4 aromatic rings. The first kappa shape index (κ1) is 25.2. The van der Waals surface area contributed by atoms with E-state index in [-0.39, 0.29) is 4.90 Å². The van der Waals surface area contributed by atoms with E-state index in [2.05, 4.69) is 15.5 Å². The molecular formula is C24H21ClN4O3S3. The fraction of sp³-hybridized carbons (Fsp3) is 0.125. The van der Waals surface area contributed by atoms with Crippen LogP contribution in [0.3, 0.4) is 0 Å². The van der Waals surface area contributed by atoms with Crippen LogP contribution in [0.5, 0.6) is 0 Å². The zero-order valence-electron chi connectivity index (χ0n) is 18.6. The Balaban J connectivity index is 1.49. The van der Waals surface area contributed by atoms with E-state index >= 15 is 0 Å². The zero-order chi connectivity index (χ0) is 24.8. The minimum Gasteiger partial charge on any atom is -0.299 e. The fourth-order valence-electron chi connectivity index (χ4n) is 3.09. The van der Waals surface area contributed by atoms with Crippen molar-refractivity contribution in [2.24, 2.45) is 0 Å². The third-order valence-electron chi connectivity index (χ3n) is 4.87. The molecule has 1 heterocycles. The van der Waals surface area contributed by atoms with Gasteiger partial charge < -0.3 is 0 Å². The summed E-state index contributed by atoms with van der Waals surface area (Å²) >= 11 is 8.67. The van der Waals surface area contributed by atoms with E-state index in [0.717, 1.165) is 21.2 Å². The van der Waals surface area contributed by atoms with E-state index in [1.54, 1.807) is 24.3 Å². The van der Waals surface area contributed by atoms with Gasteiger partial charge in [-0.05, 0) is 48.9 Å². The van der Waals surface area contributed by atoms with Crippen molar-refractivity contribution in [1.82, 2.24) is 10.2 Å². The van der Waals surface area contributed by atoms with Gasteiger partial charge in [-0.25, -0.2) is 8.42 Å². The smallest absolute Gasteiger partial charge is 0.264 e. The highest BCUT2D eigenvalue weighted by Crippen LogP contribution is 2.29. The van der Waals surface area contributed by atoms with Crippen molar-refractivity contribution in [3.05, 3.63) is 95.0 Å². The third kappa shape index (κ3) is 6.61. The summed E-state index contributed by atoms with van der Waals surface area (Å²) < 4.78 is 28.6. The summed E-state index contributed by atoms with van der Waals surface area (Å²) in [6.07, 6.45) is 0. The summed E-state index contributed by atoms with van der Waals surface area (Å²) in [4.78, 5) is 12.9. The van der Waals surface area contributed by atoms with Crippen molar-refractivity contribution in [1.29, 1.82) is 0 Å². The number of hydrogen-bond donors (Lipinski definition) is 1. The minimum absolute atomic E-state index is 0.0331. The van der Waals surface area contributed by atoms with Crippen molar-refractivity contribution in [3.8, 4) is 0 Å². The quantitative estimate of drug-likeness (QED) is 0.217. The lowest BCUT2D eigenvalue weighted by molar-refractivity contribution is -0.114. The first-order chi connectivity index (χ1) is 16.8. The molecule has 35 heavy (non-hydrogen) atoms. The van der Waals surface area contributed by atoms with E-state index in [9.17, 15) is 13.2 Å². The van der Waals surface area contributed by atoms with E-state index in [1.807, 2.05) is 37.3 Å². The number of carbonyl (C=O) groups excluding carboxylic acids is 1. The molecule has 3 aromatic carbocycles. The summed E-state index contributed by atoms with van der Waals surface area (Å²) in [7, 11) is -4.03. The molecule has 7 nitrogen and oxygen atoms in total. The van der Waals surface area contributed by atoms with Gasteiger partial charge in [-0.3, -0.25) is 14.4 Å². The summed E-state index contributed by atoms with van der Waals surface area (Å²) in [5.74, 6) is 0.197. The molecule has 180 valence electrons.